The van der Waals surface area contributed by atoms with E-state index in [9.17, 15) is 4.79 Å². The van der Waals surface area contributed by atoms with Gasteiger partial charge in [-0.25, -0.2) is 5.01 Å². The molecule has 1 saturated heterocycles. The Morgan fingerprint density at radius 3 is 2.23 bits per heavy atom. The van der Waals surface area contributed by atoms with E-state index in [2.05, 4.69) is 5.10 Å². The third kappa shape index (κ3) is 5.05. The molecular weight excluding hydrogens is 476 g/mol. The Balaban J connectivity index is 1.69. The largest absolute Gasteiger partial charge is 0.271 e. The van der Waals surface area contributed by atoms with Gasteiger partial charge in [-0.05, 0) is 41.0 Å². The van der Waals surface area contributed by atoms with Gasteiger partial charge in [0.25, 0.3) is 5.91 Å². The number of hydrogen-bond acceptors (Lipinski definition) is 3. The van der Waals surface area contributed by atoms with Gasteiger partial charge < -0.3 is 0 Å². The molecule has 1 amide bonds. The standard InChI is InChI=1S/C23H17Cl4N3O/c24-18-8-6-16(10-20(18)26)12-28-30-22(31)14-29(13-15-4-2-1-3-5-15)23(30)17-7-9-19(25)21(27)11-17/h1-12,23H,13-14H2/b28-12-/t23-/m0/s1. The van der Waals surface area contributed by atoms with Crippen LogP contribution < -0.4 is 0 Å². The van der Waals surface area contributed by atoms with Crippen molar-refractivity contribution in [1.29, 1.82) is 0 Å². The Hall–Kier alpha value is -2.08. The fourth-order valence-corrected chi connectivity index (χ4v) is 4.07. The van der Waals surface area contributed by atoms with E-state index in [1.807, 2.05) is 41.3 Å². The van der Waals surface area contributed by atoms with Crippen molar-refractivity contribution in [2.45, 2.75) is 12.7 Å². The monoisotopic (exact) mass is 491 g/mol. The molecule has 0 bridgehead atoms. The summed E-state index contributed by atoms with van der Waals surface area (Å²) in [4.78, 5) is 15.0. The summed E-state index contributed by atoms with van der Waals surface area (Å²) in [7, 11) is 0. The van der Waals surface area contributed by atoms with Crippen LogP contribution in [0.3, 0.4) is 0 Å². The van der Waals surface area contributed by atoms with Crippen molar-refractivity contribution in [2.24, 2.45) is 5.10 Å². The van der Waals surface area contributed by atoms with Crippen LogP contribution in [0, 0.1) is 0 Å². The Labute approximate surface area is 200 Å². The molecule has 158 valence electrons. The number of nitrogens with zero attached hydrogens (tertiary/aromatic N) is 3. The van der Waals surface area contributed by atoms with Crippen molar-refractivity contribution < 1.29 is 4.79 Å². The first kappa shape index (κ1) is 22.1. The maximum absolute atomic E-state index is 12.9. The van der Waals surface area contributed by atoms with Crippen LogP contribution in [0.25, 0.3) is 0 Å². The van der Waals surface area contributed by atoms with Gasteiger partial charge in [-0.2, -0.15) is 5.10 Å². The van der Waals surface area contributed by atoms with E-state index in [0.29, 0.717) is 26.6 Å². The number of halogens is 4. The van der Waals surface area contributed by atoms with Crippen molar-refractivity contribution in [1.82, 2.24) is 9.91 Å². The summed E-state index contributed by atoms with van der Waals surface area (Å²) in [5, 5.41) is 7.70. The van der Waals surface area contributed by atoms with E-state index in [4.69, 9.17) is 46.4 Å². The third-order valence-corrected chi connectivity index (χ3v) is 6.39. The van der Waals surface area contributed by atoms with Crippen LogP contribution in [-0.2, 0) is 11.3 Å². The molecule has 1 atom stereocenters. The van der Waals surface area contributed by atoms with Crippen LogP contribution >= 0.6 is 46.4 Å². The van der Waals surface area contributed by atoms with Gasteiger partial charge in [0.1, 0.15) is 6.17 Å². The van der Waals surface area contributed by atoms with Crippen molar-refractivity contribution in [3.8, 4) is 0 Å². The molecule has 8 heteroatoms. The van der Waals surface area contributed by atoms with E-state index in [0.717, 1.165) is 16.7 Å². The Morgan fingerprint density at radius 1 is 0.871 bits per heavy atom. The molecule has 0 N–H and O–H groups in total. The SMILES string of the molecule is O=C1CN(Cc2ccccc2)[C@H](c2ccc(Cl)c(Cl)c2)N1/N=C\c1ccc(Cl)c(Cl)c1. The smallest absolute Gasteiger partial charge is 0.258 e. The molecule has 0 unspecified atom stereocenters. The molecule has 0 aliphatic carbocycles. The average Bonchev–Trinajstić information content (AvgIpc) is 3.06. The van der Waals surface area contributed by atoms with Crippen molar-refractivity contribution in [3.63, 3.8) is 0 Å². The fraction of sp³-hybridized carbons (Fsp3) is 0.130. The number of hydrogen-bond donors (Lipinski definition) is 0. The highest BCUT2D eigenvalue weighted by atomic mass is 35.5. The number of amides is 1. The molecule has 0 spiro atoms. The van der Waals surface area contributed by atoms with Gasteiger partial charge in [-0.1, -0.05) is 88.9 Å². The molecule has 1 aliphatic heterocycles. The lowest BCUT2D eigenvalue weighted by atomic mass is 10.1. The third-order valence-electron chi connectivity index (χ3n) is 4.92. The molecular formula is C23H17Cl4N3O. The summed E-state index contributed by atoms with van der Waals surface area (Å²) in [6.45, 7) is 0.800. The summed E-state index contributed by atoms with van der Waals surface area (Å²) in [6, 6.07) is 20.5. The minimum Gasteiger partial charge on any atom is -0.271 e. The average molecular weight is 493 g/mol. The highest BCUT2D eigenvalue weighted by Crippen LogP contribution is 2.35. The molecule has 1 fully saturated rings. The van der Waals surface area contributed by atoms with Gasteiger partial charge in [-0.3, -0.25) is 9.69 Å². The fourth-order valence-electron chi connectivity index (χ4n) is 3.46. The first-order valence-electron chi connectivity index (χ1n) is 9.46. The Bertz CT molecular complexity index is 1140. The molecule has 0 radical (unpaired) electrons. The van der Waals surface area contributed by atoms with E-state index in [1.165, 1.54) is 5.01 Å². The zero-order valence-corrected chi connectivity index (χ0v) is 19.2. The first-order chi connectivity index (χ1) is 14.9. The predicted octanol–water partition coefficient (Wildman–Crippen LogP) is 6.68. The van der Waals surface area contributed by atoms with Crippen LogP contribution in [0.4, 0.5) is 0 Å². The minimum atomic E-state index is -0.429. The van der Waals surface area contributed by atoms with Crippen LogP contribution in [-0.4, -0.2) is 28.6 Å². The lowest BCUT2D eigenvalue weighted by Crippen LogP contribution is -2.28. The van der Waals surface area contributed by atoms with Gasteiger partial charge in [0, 0.05) is 6.54 Å². The predicted molar refractivity (Wildman–Crippen MR) is 127 cm³/mol. The zero-order chi connectivity index (χ0) is 22.0. The molecule has 0 saturated carbocycles. The van der Waals surface area contributed by atoms with Crippen LogP contribution in [0.1, 0.15) is 22.9 Å². The van der Waals surface area contributed by atoms with Gasteiger partial charge in [0.2, 0.25) is 0 Å². The highest BCUT2D eigenvalue weighted by Gasteiger charge is 2.39. The molecule has 3 aromatic carbocycles. The van der Waals surface area contributed by atoms with E-state index < -0.39 is 6.17 Å². The summed E-state index contributed by atoms with van der Waals surface area (Å²) >= 11 is 24.5. The second kappa shape index (κ2) is 9.60. The van der Waals surface area contributed by atoms with Gasteiger partial charge in [0.15, 0.2) is 0 Å². The minimum absolute atomic E-state index is 0.122. The second-order valence-electron chi connectivity index (χ2n) is 7.09. The first-order valence-corrected chi connectivity index (χ1v) is 11.0. The highest BCUT2D eigenvalue weighted by molar-refractivity contribution is 6.42. The maximum Gasteiger partial charge on any atom is 0.258 e. The number of hydrazone groups is 1. The van der Waals surface area contributed by atoms with Crippen LogP contribution in [0.2, 0.25) is 20.1 Å². The Kier molecular flexibility index (Phi) is 6.85. The zero-order valence-electron chi connectivity index (χ0n) is 16.2. The van der Waals surface area contributed by atoms with E-state index >= 15 is 0 Å². The number of benzene rings is 3. The molecule has 0 aromatic heterocycles. The van der Waals surface area contributed by atoms with Crippen LogP contribution in [0.5, 0.6) is 0 Å². The normalized spacial score (nSPS) is 17.1. The summed E-state index contributed by atoms with van der Waals surface area (Å²) in [6.07, 6.45) is 1.16. The molecule has 1 aliphatic rings. The van der Waals surface area contributed by atoms with Gasteiger partial charge >= 0.3 is 0 Å². The van der Waals surface area contributed by atoms with E-state index in [1.54, 1.807) is 36.5 Å². The summed E-state index contributed by atoms with van der Waals surface area (Å²) < 4.78 is 0. The molecule has 31 heavy (non-hydrogen) atoms. The summed E-state index contributed by atoms with van der Waals surface area (Å²) in [5.41, 5.74) is 2.65. The molecule has 4 nitrogen and oxygen atoms in total. The van der Waals surface area contributed by atoms with Crippen molar-refractivity contribution >= 4 is 58.5 Å². The lowest BCUT2D eigenvalue weighted by Gasteiger charge is -2.27. The van der Waals surface area contributed by atoms with Crippen LogP contribution in [0.15, 0.2) is 71.8 Å². The maximum atomic E-state index is 12.9. The molecule has 4 rings (SSSR count). The van der Waals surface area contributed by atoms with E-state index in [-0.39, 0.29) is 12.5 Å². The summed E-state index contributed by atoms with van der Waals surface area (Å²) in [5.74, 6) is -0.122. The van der Waals surface area contributed by atoms with Crippen molar-refractivity contribution in [2.75, 3.05) is 6.54 Å². The molecule has 3 aromatic rings. The Morgan fingerprint density at radius 2 is 1.55 bits per heavy atom. The van der Waals surface area contributed by atoms with Gasteiger partial charge in [0.05, 0.1) is 32.8 Å². The number of rotatable bonds is 5. The quantitative estimate of drug-likeness (QED) is 0.372. The van der Waals surface area contributed by atoms with Gasteiger partial charge in [-0.15, -0.1) is 0 Å². The second-order valence-corrected chi connectivity index (χ2v) is 8.72. The van der Waals surface area contributed by atoms with Crippen molar-refractivity contribution in [3.05, 3.63) is 104 Å². The number of carbonyl (C=O) groups is 1. The lowest BCUT2D eigenvalue weighted by molar-refractivity contribution is -0.128. The number of carbonyl (C=O) groups excluding carboxylic acids is 1. The topological polar surface area (TPSA) is 35.9 Å². The molecule has 1 heterocycles.